The Labute approximate surface area is 120 Å². The van der Waals surface area contributed by atoms with Crippen LogP contribution in [0.25, 0.3) is 11.3 Å². The summed E-state index contributed by atoms with van der Waals surface area (Å²) in [6.07, 6.45) is 7.71. The predicted molar refractivity (Wildman–Crippen MR) is 81.9 cm³/mol. The van der Waals surface area contributed by atoms with Gasteiger partial charge in [0.05, 0.1) is 5.69 Å². The third kappa shape index (κ3) is 2.21. The molecule has 3 nitrogen and oxygen atoms in total. The second-order valence-corrected chi connectivity index (χ2v) is 6.15. The van der Waals surface area contributed by atoms with Gasteiger partial charge >= 0.3 is 0 Å². The largest absolute Gasteiger partial charge is 0.366 e. The summed E-state index contributed by atoms with van der Waals surface area (Å²) in [5.74, 6) is 1.02. The Morgan fingerprint density at radius 2 is 1.90 bits per heavy atom. The number of hydrogen-bond acceptors (Lipinski definition) is 2. The number of nitrogens with zero attached hydrogens (tertiary/aromatic N) is 2. The second-order valence-electron chi connectivity index (χ2n) is 6.15. The van der Waals surface area contributed by atoms with E-state index in [0.29, 0.717) is 6.04 Å². The van der Waals surface area contributed by atoms with Crippen molar-refractivity contribution in [2.24, 2.45) is 7.05 Å². The van der Waals surface area contributed by atoms with Gasteiger partial charge in [0.2, 0.25) is 0 Å². The number of benzene rings is 1. The summed E-state index contributed by atoms with van der Waals surface area (Å²) < 4.78 is 2.00. The molecule has 0 amide bonds. The quantitative estimate of drug-likeness (QED) is 0.921. The standard InChI is InChI=1S/C17H21N3/c1-20-16(11-17(19-20)18-15-8-9-15)14-7-6-12-4-2-3-5-13(12)10-14/h6-7,10-11,15H,2-5,8-9H2,1H3,(H,18,19). The molecule has 104 valence electrons. The number of aryl methyl sites for hydroxylation is 3. The van der Waals surface area contributed by atoms with E-state index >= 15 is 0 Å². The molecule has 4 rings (SSSR count). The second kappa shape index (κ2) is 4.65. The van der Waals surface area contributed by atoms with Crippen molar-refractivity contribution in [2.75, 3.05) is 5.32 Å². The van der Waals surface area contributed by atoms with E-state index in [-0.39, 0.29) is 0 Å². The van der Waals surface area contributed by atoms with Crippen molar-refractivity contribution in [2.45, 2.75) is 44.6 Å². The highest BCUT2D eigenvalue weighted by Gasteiger charge is 2.22. The molecule has 0 bridgehead atoms. The zero-order valence-electron chi connectivity index (χ0n) is 12.0. The molecule has 0 radical (unpaired) electrons. The molecule has 20 heavy (non-hydrogen) atoms. The van der Waals surface area contributed by atoms with Crippen LogP contribution in [0.2, 0.25) is 0 Å². The number of aromatic nitrogens is 2. The fourth-order valence-corrected chi connectivity index (χ4v) is 3.14. The highest BCUT2D eigenvalue weighted by atomic mass is 15.3. The minimum absolute atomic E-state index is 0.654. The van der Waals surface area contributed by atoms with Crippen molar-refractivity contribution in [3.05, 3.63) is 35.4 Å². The third-order valence-electron chi connectivity index (χ3n) is 4.45. The van der Waals surface area contributed by atoms with Crippen LogP contribution < -0.4 is 5.32 Å². The average molecular weight is 267 g/mol. The van der Waals surface area contributed by atoms with Gasteiger partial charge in [-0.25, -0.2) is 0 Å². The Kier molecular flexibility index (Phi) is 2.79. The molecular weight excluding hydrogens is 246 g/mol. The lowest BCUT2D eigenvalue weighted by Gasteiger charge is -2.16. The Morgan fingerprint density at radius 3 is 2.70 bits per heavy atom. The van der Waals surface area contributed by atoms with E-state index in [4.69, 9.17) is 0 Å². The van der Waals surface area contributed by atoms with Gasteiger partial charge < -0.3 is 5.32 Å². The molecule has 3 heteroatoms. The summed E-state index contributed by atoms with van der Waals surface area (Å²) in [6, 6.07) is 9.77. The number of rotatable bonds is 3. The normalized spacial score (nSPS) is 17.9. The van der Waals surface area contributed by atoms with Gasteiger partial charge in [0.1, 0.15) is 5.82 Å². The van der Waals surface area contributed by atoms with Crippen LogP contribution in [0.1, 0.15) is 36.8 Å². The number of nitrogens with one attached hydrogen (secondary N) is 1. The molecule has 1 aromatic carbocycles. The van der Waals surface area contributed by atoms with Gasteiger partial charge in [-0.1, -0.05) is 12.1 Å². The molecular formula is C17H21N3. The fraction of sp³-hybridized carbons (Fsp3) is 0.471. The summed E-state index contributed by atoms with van der Waals surface area (Å²) in [7, 11) is 2.03. The van der Waals surface area contributed by atoms with E-state index in [0.717, 1.165) is 5.82 Å². The van der Waals surface area contributed by atoms with Gasteiger partial charge in [-0.3, -0.25) is 4.68 Å². The summed E-state index contributed by atoms with van der Waals surface area (Å²) in [6.45, 7) is 0. The van der Waals surface area contributed by atoms with Crippen LogP contribution in [0.4, 0.5) is 5.82 Å². The molecule has 2 aliphatic rings. The summed E-state index contributed by atoms with van der Waals surface area (Å²) in [5, 5.41) is 8.06. The highest BCUT2D eigenvalue weighted by Crippen LogP contribution is 2.30. The smallest absolute Gasteiger partial charge is 0.148 e. The molecule has 0 saturated heterocycles. The first-order chi connectivity index (χ1) is 9.79. The minimum atomic E-state index is 0.654. The van der Waals surface area contributed by atoms with Crippen molar-refractivity contribution < 1.29 is 0 Å². The van der Waals surface area contributed by atoms with Crippen LogP contribution in [0.5, 0.6) is 0 Å². The van der Waals surface area contributed by atoms with Gasteiger partial charge in [0.15, 0.2) is 0 Å². The Hall–Kier alpha value is -1.77. The van der Waals surface area contributed by atoms with Crippen molar-refractivity contribution in [1.29, 1.82) is 0 Å². The summed E-state index contributed by atoms with van der Waals surface area (Å²) in [5.41, 5.74) is 5.58. The first-order valence-electron chi connectivity index (χ1n) is 7.72. The van der Waals surface area contributed by atoms with Crippen molar-refractivity contribution in [3.63, 3.8) is 0 Å². The lowest BCUT2D eigenvalue weighted by molar-refractivity contribution is 0.685. The van der Waals surface area contributed by atoms with E-state index in [1.165, 1.54) is 55.3 Å². The van der Waals surface area contributed by atoms with Crippen molar-refractivity contribution in [1.82, 2.24) is 9.78 Å². The molecule has 2 aliphatic carbocycles. The van der Waals surface area contributed by atoms with Crippen LogP contribution in [-0.4, -0.2) is 15.8 Å². The Balaban J connectivity index is 1.67. The first kappa shape index (κ1) is 12.0. The number of anilines is 1. The molecule has 0 aliphatic heterocycles. The molecule has 1 heterocycles. The molecule has 1 aromatic heterocycles. The zero-order valence-corrected chi connectivity index (χ0v) is 12.0. The predicted octanol–water partition coefficient (Wildman–Crippen LogP) is 3.54. The Morgan fingerprint density at radius 1 is 1.10 bits per heavy atom. The van der Waals surface area contributed by atoms with Gasteiger partial charge in [-0.2, -0.15) is 5.10 Å². The summed E-state index contributed by atoms with van der Waals surface area (Å²) in [4.78, 5) is 0. The van der Waals surface area contributed by atoms with Gasteiger partial charge in [0, 0.05) is 24.7 Å². The van der Waals surface area contributed by atoms with E-state index in [9.17, 15) is 0 Å². The maximum Gasteiger partial charge on any atom is 0.148 e. The molecule has 1 fully saturated rings. The van der Waals surface area contributed by atoms with Crippen molar-refractivity contribution in [3.8, 4) is 11.3 Å². The average Bonchev–Trinajstić information content (AvgIpc) is 3.20. The van der Waals surface area contributed by atoms with E-state index in [1.807, 2.05) is 11.7 Å². The zero-order chi connectivity index (χ0) is 13.5. The molecule has 0 atom stereocenters. The molecule has 2 aromatic rings. The maximum absolute atomic E-state index is 4.58. The molecule has 1 saturated carbocycles. The minimum Gasteiger partial charge on any atom is -0.366 e. The van der Waals surface area contributed by atoms with Crippen LogP contribution in [0.3, 0.4) is 0 Å². The molecule has 0 unspecified atom stereocenters. The third-order valence-corrected chi connectivity index (χ3v) is 4.45. The Bertz CT molecular complexity index is 638. The SMILES string of the molecule is Cn1nc(NC2CC2)cc1-c1ccc2c(c1)CCCC2. The summed E-state index contributed by atoms with van der Waals surface area (Å²) >= 11 is 0. The lowest BCUT2D eigenvalue weighted by Crippen LogP contribution is -2.03. The maximum atomic E-state index is 4.58. The topological polar surface area (TPSA) is 29.9 Å². The highest BCUT2D eigenvalue weighted by molar-refractivity contribution is 5.65. The van der Waals surface area contributed by atoms with Gasteiger partial charge in [0.25, 0.3) is 0 Å². The number of hydrogen-bond donors (Lipinski definition) is 1. The van der Waals surface area contributed by atoms with Crippen LogP contribution >= 0.6 is 0 Å². The number of fused-ring (bicyclic) bond motifs is 1. The monoisotopic (exact) mass is 267 g/mol. The lowest BCUT2D eigenvalue weighted by atomic mass is 9.90. The van der Waals surface area contributed by atoms with E-state index < -0.39 is 0 Å². The van der Waals surface area contributed by atoms with Crippen LogP contribution in [0.15, 0.2) is 24.3 Å². The fourth-order valence-electron chi connectivity index (χ4n) is 3.14. The van der Waals surface area contributed by atoms with Crippen LogP contribution in [-0.2, 0) is 19.9 Å². The van der Waals surface area contributed by atoms with Gasteiger partial charge in [-0.05, 0) is 55.7 Å². The molecule has 1 N–H and O–H groups in total. The molecule has 0 spiro atoms. The van der Waals surface area contributed by atoms with Gasteiger partial charge in [-0.15, -0.1) is 0 Å². The van der Waals surface area contributed by atoms with E-state index in [1.54, 1.807) is 5.56 Å². The van der Waals surface area contributed by atoms with Crippen LogP contribution in [0, 0.1) is 0 Å². The van der Waals surface area contributed by atoms with E-state index in [2.05, 4.69) is 34.7 Å². The van der Waals surface area contributed by atoms with Crippen molar-refractivity contribution >= 4 is 5.82 Å². The first-order valence-corrected chi connectivity index (χ1v) is 7.72.